The molecular weight excluding hydrogens is 778 g/mol. The van der Waals surface area contributed by atoms with Crippen LogP contribution in [0.2, 0.25) is 0 Å². The molecule has 1 aromatic heterocycles. The first-order chi connectivity index (χ1) is 23.2. The van der Waals surface area contributed by atoms with E-state index in [0.717, 1.165) is 53.1 Å². The van der Waals surface area contributed by atoms with Crippen LogP contribution in [0.25, 0.3) is 22.4 Å². The number of nitrogens with zero attached hydrogens (tertiary/aromatic N) is 3. The number of halogens is 1. The van der Waals surface area contributed by atoms with Crippen LogP contribution in [0.15, 0.2) is 47.4 Å². The summed E-state index contributed by atoms with van der Waals surface area (Å²) in [4.78, 5) is 2.87. The first-order valence-electron chi connectivity index (χ1n) is 17.7. The van der Waals surface area contributed by atoms with Crippen molar-refractivity contribution < 1.29 is 23.9 Å². The molecule has 1 aliphatic heterocycles. The molecule has 0 radical (unpaired) electrons. The Morgan fingerprint density at radius 2 is 1.50 bits per heavy atom. The van der Waals surface area contributed by atoms with Gasteiger partial charge in [0.1, 0.15) is 27.7 Å². The highest BCUT2D eigenvalue weighted by Gasteiger charge is 2.28. The van der Waals surface area contributed by atoms with Gasteiger partial charge in [-0.25, -0.2) is 8.42 Å². The van der Waals surface area contributed by atoms with Gasteiger partial charge in [-0.2, -0.15) is 19.8 Å². The molecule has 0 spiro atoms. The zero-order valence-corrected chi connectivity index (χ0v) is 33.2. The van der Waals surface area contributed by atoms with Crippen LogP contribution in [-0.4, -0.2) is 53.1 Å². The summed E-state index contributed by atoms with van der Waals surface area (Å²) in [5, 5.41) is 0.989. The second kappa shape index (κ2) is 19.7. The number of rotatable bonds is 21. The molecule has 3 aromatic rings. The van der Waals surface area contributed by atoms with Crippen LogP contribution < -0.4 is 9.47 Å². The van der Waals surface area contributed by atoms with E-state index in [4.69, 9.17) is 0 Å². The number of hydrogen-bond donors (Lipinski definition) is 0. The fourth-order valence-electron chi connectivity index (χ4n) is 6.23. The summed E-state index contributed by atoms with van der Waals surface area (Å²) in [7, 11) is -7.08. The van der Waals surface area contributed by atoms with E-state index in [9.17, 15) is 16.8 Å². The van der Waals surface area contributed by atoms with E-state index in [1.54, 1.807) is 27.8 Å². The van der Waals surface area contributed by atoms with Crippen LogP contribution in [-0.2, 0) is 29.2 Å². The molecule has 1 saturated heterocycles. The minimum Gasteiger partial charge on any atom is -0.372 e. The summed E-state index contributed by atoms with van der Waals surface area (Å²) in [6, 6.07) is 14.2. The van der Waals surface area contributed by atoms with Crippen LogP contribution in [0.5, 0.6) is 0 Å². The second-order valence-corrected chi connectivity index (χ2v) is 18.5. The van der Waals surface area contributed by atoms with E-state index in [-0.39, 0.29) is 5.75 Å². The van der Waals surface area contributed by atoms with Crippen LogP contribution in [0, 0.1) is 0 Å². The fraction of sp³-hybridized carbons (Fsp3) is 0.583. The first-order valence-corrected chi connectivity index (χ1v) is 22.4. The van der Waals surface area contributed by atoms with Gasteiger partial charge in [-0.05, 0) is 68.0 Å². The molecule has 12 heteroatoms. The molecule has 0 atom stereocenters. The molecule has 2 aromatic carbocycles. The molecule has 0 unspecified atom stereocenters. The van der Waals surface area contributed by atoms with Gasteiger partial charge in [0.15, 0.2) is 6.54 Å². The Bertz CT molecular complexity index is 1660. The predicted molar refractivity (Wildman–Crippen MR) is 209 cm³/mol. The summed E-state index contributed by atoms with van der Waals surface area (Å²) >= 11 is 2.98. The predicted octanol–water partition coefficient (Wildman–Crippen LogP) is 8.98. The lowest BCUT2D eigenvalue weighted by Gasteiger charge is -2.25. The number of hydrogen-bond acceptors (Lipinski definition) is 7. The van der Waals surface area contributed by atoms with Crippen molar-refractivity contribution in [2.75, 3.05) is 36.8 Å². The molecule has 0 bridgehead atoms. The lowest BCUT2D eigenvalue weighted by molar-refractivity contribution is -0.669. The molecule has 266 valence electrons. The quantitative estimate of drug-likeness (QED) is 0.0606. The molecule has 8 nitrogen and oxygen atoms in total. The average Bonchev–Trinajstić information content (AvgIpc) is 3.45. The lowest BCUT2D eigenvalue weighted by Crippen LogP contribution is -2.36. The maximum atomic E-state index is 13.5. The van der Waals surface area contributed by atoms with Crippen molar-refractivity contribution in [3.8, 4) is 0 Å². The van der Waals surface area contributed by atoms with Crippen LogP contribution in [0.1, 0.15) is 108 Å². The number of unbranched alkanes of at least 4 members (excludes halogenated alkanes) is 7. The zero-order chi connectivity index (χ0) is 34.4. The van der Waals surface area contributed by atoms with Crippen molar-refractivity contribution in [3.63, 3.8) is 0 Å². The maximum absolute atomic E-state index is 13.5. The Labute approximate surface area is 307 Å². The number of fused-ring (bicyclic) bond motifs is 1. The number of sulfonamides is 1. The highest BCUT2D eigenvalue weighted by Crippen LogP contribution is 2.28. The van der Waals surface area contributed by atoms with Crippen molar-refractivity contribution in [1.82, 2.24) is 4.31 Å². The number of benzene rings is 2. The van der Waals surface area contributed by atoms with E-state index in [0.29, 0.717) is 37.4 Å². The topological polar surface area (TPSA) is 87.9 Å². The van der Waals surface area contributed by atoms with Gasteiger partial charge < -0.3 is 4.90 Å². The van der Waals surface area contributed by atoms with Gasteiger partial charge in [0.25, 0.3) is 15.1 Å². The van der Waals surface area contributed by atoms with E-state index < -0.39 is 20.1 Å². The minimum atomic E-state index is -3.55. The van der Waals surface area contributed by atoms with Gasteiger partial charge in [-0.3, -0.25) is 0 Å². The number of anilines is 1. The highest BCUT2D eigenvalue weighted by atomic mass is 127. The Kier molecular flexibility index (Phi) is 16.1. The number of aryl methyl sites for hydroxylation is 1. The molecule has 1 aliphatic rings. The average molecular weight is 831 g/mol. The van der Waals surface area contributed by atoms with Crippen molar-refractivity contribution in [1.29, 1.82) is 0 Å². The van der Waals surface area contributed by atoms with Gasteiger partial charge in [-0.15, -0.1) is 0 Å². The summed E-state index contributed by atoms with van der Waals surface area (Å²) in [6.07, 6.45) is 18.2. The molecule has 0 saturated carbocycles. The first kappa shape index (κ1) is 39.2. The van der Waals surface area contributed by atoms with Crippen molar-refractivity contribution >= 4 is 82.5 Å². The van der Waals surface area contributed by atoms with Gasteiger partial charge in [0.05, 0.1) is 10.6 Å². The smallest absolute Gasteiger partial charge is 0.276 e. The number of thiazole rings is 1. The summed E-state index contributed by atoms with van der Waals surface area (Å²) in [5.41, 5.74) is 3.31. The Hall–Kier alpha value is -1.58. The Morgan fingerprint density at radius 1 is 0.833 bits per heavy atom. The molecule has 0 N–H and O–H groups in total. The third-order valence-corrected chi connectivity index (χ3v) is 14.6. The van der Waals surface area contributed by atoms with Crippen molar-refractivity contribution in [2.45, 2.75) is 109 Å². The lowest BCUT2D eigenvalue weighted by atomic mass is 10.1. The van der Waals surface area contributed by atoms with Crippen molar-refractivity contribution in [2.24, 2.45) is 0 Å². The molecule has 1 fully saturated rings. The summed E-state index contributed by atoms with van der Waals surface area (Å²) < 4.78 is 59.9. The monoisotopic (exact) mass is 830 g/mol. The highest BCUT2D eigenvalue weighted by molar-refractivity contribution is 14.1. The Balaban J connectivity index is 1.56. The molecule has 2 heterocycles. The van der Waals surface area contributed by atoms with Gasteiger partial charge in [-0.1, -0.05) is 82.3 Å². The zero-order valence-electron chi connectivity index (χ0n) is 28.6. The molecular formula is C36H53IN3O5S3+. The summed E-state index contributed by atoms with van der Waals surface area (Å²) in [5.74, 6) is -0.0391. The number of piperidine rings is 1. The van der Waals surface area contributed by atoms with Crippen molar-refractivity contribution in [3.05, 3.63) is 53.0 Å². The SMILES string of the molecule is CCCCCCN(CCCCCC)c1ccc(C=Cc2sc3cc(S(=O)(=O)N4CCCCC4)ccc3[n+]2CCCCS(=O)(=O)OI)cc1. The molecule has 0 aliphatic carbocycles. The van der Waals surface area contributed by atoms with Crippen LogP contribution >= 0.6 is 34.3 Å². The van der Waals surface area contributed by atoms with E-state index >= 15 is 0 Å². The largest absolute Gasteiger partial charge is 0.372 e. The normalized spacial score (nSPS) is 14.7. The van der Waals surface area contributed by atoms with E-state index in [1.807, 2.05) is 6.07 Å². The van der Waals surface area contributed by atoms with Crippen LogP contribution in [0.4, 0.5) is 5.69 Å². The van der Waals surface area contributed by atoms with Crippen LogP contribution in [0.3, 0.4) is 0 Å². The maximum Gasteiger partial charge on any atom is 0.276 e. The summed E-state index contributed by atoms with van der Waals surface area (Å²) in [6.45, 7) is 8.42. The van der Waals surface area contributed by atoms with Gasteiger partial charge >= 0.3 is 0 Å². The second-order valence-electron chi connectivity index (χ2n) is 12.8. The number of aromatic nitrogens is 1. The molecule has 4 rings (SSSR count). The van der Waals surface area contributed by atoms with Gasteiger partial charge in [0.2, 0.25) is 15.5 Å². The third-order valence-electron chi connectivity index (χ3n) is 9.02. The van der Waals surface area contributed by atoms with E-state index in [2.05, 4.69) is 62.2 Å². The Morgan fingerprint density at radius 3 is 2.12 bits per heavy atom. The molecule has 0 amide bonds. The third kappa shape index (κ3) is 11.5. The minimum absolute atomic E-state index is 0.0391. The fourth-order valence-corrected chi connectivity index (χ4v) is 10.1. The van der Waals surface area contributed by atoms with Gasteiger partial charge in [0, 0.05) is 50.4 Å². The standard InChI is InChI=1S/C36H53IN3O5S3/c1-3-5-7-10-24-38(25-11-8-6-4-2)32-19-16-31(17-20-32)18-23-36-40(28-14-15-29-47(41,42)45-37)34-22-21-33(30-35(34)46-36)48(43,44)39-26-12-9-13-27-39/h16-23,30H,3-15,24-29H2,1-2H3/q+1. The molecule has 48 heavy (non-hydrogen) atoms. The van der Waals surface area contributed by atoms with E-state index in [1.165, 1.54) is 80.1 Å².